The number of rotatable bonds is 18. The topological polar surface area (TPSA) is 199 Å². The molecule has 1 heterocycles. The van der Waals surface area contributed by atoms with Gasteiger partial charge in [-0.2, -0.15) is 0 Å². The summed E-state index contributed by atoms with van der Waals surface area (Å²) in [5, 5.41) is 19.6. The summed E-state index contributed by atoms with van der Waals surface area (Å²) in [7, 11) is 1.83. The zero-order valence-electron chi connectivity index (χ0n) is 29.8. The Hall–Kier alpha value is -4.49. The molecule has 0 bridgehead atoms. The zero-order chi connectivity index (χ0) is 36.5. The first kappa shape index (κ1) is 39.9. The van der Waals surface area contributed by atoms with Crippen LogP contribution in [-0.4, -0.2) is 103 Å². The molecule has 1 aliphatic heterocycles. The van der Waals surface area contributed by atoms with Crippen LogP contribution in [0.3, 0.4) is 0 Å². The standard InChI is InChI=1S/C37H57N9O4/c1-26(2)24-32(35(49)43-31(16-10-19-41-3)36(50)45-20-11-21-46(23-22-45)37(39)40)44-34(48)30(18-17-27-12-6-4-7-13-27)42-33(47)29(38)25-28-14-8-5-9-15-28/h4-9,12-15,26,29-32,41H,10-11,16-25,38H2,1-3H3,(H3,39,40)(H,42,47)(H,43,49)(H,44,48)/t29-,30-,31-,32-/m1/s1. The molecule has 0 aliphatic carbocycles. The molecule has 1 saturated heterocycles. The van der Waals surface area contributed by atoms with E-state index in [1.807, 2.05) is 81.6 Å². The minimum atomic E-state index is -0.943. The van der Waals surface area contributed by atoms with E-state index in [1.165, 1.54) is 0 Å². The van der Waals surface area contributed by atoms with Crippen LogP contribution in [0.1, 0.15) is 57.1 Å². The van der Waals surface area contributed by atoms with Gasteiger partial charge < -0.3 is 42.5 Å². The summed E-state index contributed by atoms with van der Waals surface area (Å²) in [5.41, 5.74) is 13.9. The number of carbonyl (C=O) groups is 4. The van der Waals surface area contributed by atoms with Crippen LogP contribution in [0.4, 0.5) is 0 Å². The second-order valence-electron chi connectivity index (χ2n) is 13.4. The maximum atomic E-state index is 13.9. The number of hydrogen-bond acceptors (Lipinski definition) is 7. The highest BCUT2D eigenvalue weighted by atomic mass is 16.2. The fraction of sp³-hybridized carbons (Fsp3) is 0.541. The van der Waals surface area contributed by atoms with Gasteiger partial charge in [0.25, 0.3) is 0 Å². The Morgan fingerprint density at radius 3 is 1.94 bits per heavy atom. The van der Waals surface area contributed by atoms with Crippen molar-refractivity contribution in [3.05, 3.63) is 71.8 Å². The van der Waals surface area contributed by atoms with E-state index in [9.17, 15) is 19.2 Å². The molecular formula is C37H57N9O4. The number of benzene rings is 2. The van der Waals surface area contributed by atoms with E-state index < -0.39 is 41.9 Å². The van der Waals surface area contributed by atoms with E-state index in [0.29, 0.717) is 77.7 Å². The third kappa shape index (κ3) is 13.4. The normalized spacial score (nSPS) is 15.7. The van der Waals surface area contributed by atoms with E-state index in [1.54, 1.807) is 9.80 Å². The zero-order valence-corrected chi connectivity index (χ0v) is 29.8. The van der Waals surface area contributed by atoms with Crippen molar-refractivity contribution in [2.75, 3.05) is 39.8 Å². The summed E-state index contributed by atoms with van der Waals surface area (Å²) < 4.78 is 0. The van der Waals surface area contributed by atoms with E-state index in [4.69, 9.17) is 16.9 Å². The van der Waals surface area contributed by atoms with Crippen molar-refractivity contribution in [3.8, 4) is 0 Å². The van der Waals surface area contributed by atoms with Gasteiger partial charge in [0.15, 0.2) is 5.96 Å². The average Bonchev–Trinajstić information content (AvgIpc) is 3.36. The maximum Gasteiger partial charge on any atom is 0.245 e. The fourth-order valence-corrected chi connectivity index (χ4v) is 6.05. The summed E-state index contributed by atoms with van der Waals surface area (Å²) in [6, 6.07) is 15.6. The molecule has 3 rings (SSSR count). The smallest absolute Gasteiger partial charge is 0.245 e. The number of hydrogen-bond donors (Lipinski definition) is 7. The minimum absolute atomic E-state index is 0.0260. The van der Waals surface area contributed by atoms with Gasteiger partial charge in [-0.05, 0) is 75.6 Å². The van der Waals surface area contributed by atoms with Crippen molar-refractivity contribution in [1.82, 2.24) is 31.1 Å². The molecule has 9 N–H and O–H groups in total. The van der Waals surface area contributed by atoms with Crippen LogP contribution in [-0.2, 0) is 32.0 Å². The predicted molar refractivity (Wildman–Crippen MR) is 196 cm³/mol. The van der Waals surface area contributed by atoms with Gasteiger partial charge in [-0.3, -0.25) is 24.6 Å². The van der Waals surface area contributed by atoms with Crippen LogP contribution in [0.2, 0.25) is 0 Å². The van der Waals surface area contributed by atoms with Crippen molar-refractivity contribution < 1.29 is 19.2 Å². The lowest BCUT2D eigenvalue weighted by Crippen LogP contribution is -2.58. The van der Waals surface area contributed by atoms with Crippen molar-refractivity contribution in [3.63, 3.8) is 0 Å². The molecule has 1 fully saturated rings. The second-order valence-corrected chi connectivity index (χ2v) is 13.4. The molecule has 0 unspecified atom stereocenters. The first-order valence-electron chi connectivity index (χ1n) is 17.7. The molecule has 2 aromatic carbocycles. The van der Waals surface area contributed by atoms with Crippen LogP contribution in [0.25, 0.3) is 0 Å². The molecule has 13 heteroatoms. The summed E-state index contributed by atoms with van der Waals surface area (Å²) >= 11 is 0. The SMILES string of the molecule is CNCCC[C@@H](NC(=O)[C@@H](CC(C)C)NC(=O)[C@@H](CCc1ccccc1)NC(=O)[C@H](N)Cc1ccccc1)C(=O)N1CCCN(C(=N)N)CC1. The predicted octanol–water partition coefficient (Wildman–Crippen LogP) is 1.12. The minimum Gasteiger partial charge on any atom is -0.370 e. The van der Waals surface area contributed by atoms with Gasteiger partial charge in [-0.25, -0.2) is 0 Å². The quantitative estimate of drug-likeness (QED) is 0.0685. The Labute approximate surface area is 296 Å². The molecule has 4 atom stereocenters. The molecular weight excluding hydrogens is 634 g/mol. The molecule has 50 heavy (non-hydrogen) atoms. The van der Waals surface area contributed by atoms with Crippen LogP contribution >= 0.6 is 0 Å². The Kier molecular flexibility index (Phi) is 16.7. The first-order chi connectivity index (χ1) is 24.0. The summed E-state index contributed by atoms with van der Waals surface area (Å²) in [5.74, 6) is -1.58. The van der Waals surface area contributed by atoms with Crippen molar-refractivity contribution in [1.29, 1.82) is 5.41 Å². The molecule has 0 spiro atoms. The number of nitrogens with two attached hydrogens (primary N) is 2. The molecule has 2 aromatic rings. The first-order valence-corrected chi connectivity index (χ1v) is 17.7. The molecule has 0 saturated carbocycles. The highest BCUT2D eigenvalue weighted by Gasteiger charge is 2.32. The highest BCUT2D eigenvalue weighted by Crippen LogP contribution is 2.13. The van der Waals surface area contributed by atoms with E-state index in [-0.39, 0.29) is 17.8 Å². The summed E-state index contributed by atoms with van der Waals surface area (Å²) in [4.78, 5) is 58.4. The summed E-state index contributed by atoms with van der Waals surface area (Å²) in [6.07, 6.45) is 3.18. The Morgan fingerprint density at radius 1 is 0.760 bits per heavy atom. The lowest BCUT2D eigenvalue weighted by Gasteiger charge is -2.29. The number of nitrogens with one attached hydrogen (secondary N) is 5. The molecule has 274 valence electrons. The van der Waals surface area contributed by atoms with Gasteiger partial charge in [0.2, 0.25) is 23.6 Å². The lowest BCUT2D eigenvalue weighted by atomic mass is 9.99. The van der Waals surface area contributed by atoms with Crippen LogP contribution in [0.15, 0.2) is 60.7 Å². The van der Waals surface area contributed by atoms with Gasteiger partial charge in [0.1, 0.15) is 18.1 Å². The molecule has 0 radical (unpaired) electrons. The average molecular weight is 692 g/mol. The monoisotopic (exact) mass is 691 g/mol. The lowest BCUT2D eigenvalue weighted by molar-refractivity contribution is -0.138. The van der Waals surface area contributed by atoms with Gasteiger partial charge in [0.05, 0.1) is 6.04 Å². The van der Waals surface area contributed by atoms with Crippen molar-refractivity contribution >= 4 is 29.6 Å². The van der Waals surface area contributed by atoms with Gasteiger partial charge >= 0.3 is 0 Å². The Bertz CT molecular complexity index is 1380. The molecule has 0 aromatic heterocycles. The third-order valence-corrected chi connectivity index (χ3v) is 8.86. The largest absolute Gasteiger partial charge is 0.370 e. The van der Waals surface area contributed by atoms with Gasteiger partial charge in [-0.1, -0.05) is 74.5 Å². The van der Waals surface area contributed by atoms with E-state index in [0.717, 1.165) is 11.1 Å². The molecule has 4 amide bonds. The van der Waals surface area contributed by atoms with Crippen molar-refractivity contribution in [2.24, 2.45) is 17.4 Å². The molecule has 13 nitrogen and oxygen atoms in total. The maximum absolute atomic E-state index is 13.9. The van der Waals surface area contributed by atoms with E-state index in [2.05, 4.69) is 21.3 Å². The second kappa shape index (κ2) is 20.9. The summed E-state index contributed by atoms with van der Waals surface area (Å²) in [6.45, 7) is 6.47. The number of nitrogens with zero attached hydrogens (tertiary/aromatic N) is 2. The Morgan fingerprint density at radius 2 is 1.32 bits per heavy atom. The van der Waals surface area contributed by atoms with Crippen molar-refractivity contribution in [2.45, 2.75) is 83.0 Å². The third-order valence-electron chi connectivity index (χ3n) is 8.86. The highest BCUT2D eigenvalue weighted by molar-refractivity contribution is 5.95. The van der Waals surface area contributed by atoms with E-state index >= 15 is 0 Å². The van der Waals surface area contributed by atoms with Gasteiger partial charge in [-0.15, -0.1) is 0 Å². The van der Waals surface area contributed by atoms with Gasteiger partial charge in [0, 0.05) is 26.2 Å². The number of carbonyl (C=O) groups excluding carboxylic acids is 4. The number of aryl methyl sites for hydroxylation is 1. The number of amides is 4. The Balaban J connectivity index is 1.76. The number of guanidine groups is 1. The fourth-order valence-electron chi connectivity index (χ4n) is 6.05. The molecule has 1 aliphatic rings. The van der Waals surface area contributed by atoms with Crippen LogP contribution < -0.4 is 32.7 Å². The van der Waals surface area contributed by atoms with Crippen LogP contribution in [0.5, 0.6) is 0 Å². The van der Waals surface area contributed by atoms with Crippen LogP contribution in [0, 0.1) is 11.3 Å².